The van der Waals surface area contributed by atoms with Gasteiger partial charge in [0.2, 0.25) is 0 Å². The van der Waals surface area contributed by atoms with E-state index < -0.39 is 12.1 Å². The molecule has 0 aliphatic carbocycles. The maximum atomic E-state index is 11.8. The molecule has 0 unspecified atom stereocenters. The molecule has 3 nitrogen and oxygen atoms in total. The second-order valence-corrected chi connectivity index (χ2v) is 2.99. The number of nitrogens with zero attached hydrogens (tertiary/aromatic N) is 1. The van der Waals surface area contributed by atoms with Crippen molar-refractivity contribution in [3.05, 3.63) is 0 Å². The van der Waals surface area contributed by atoms with Gasteiger partial charge in [0, 0.05) is 13.1 Å². The molecule has 0 saturated carbocycles. The number of hydrogen-bond donors (Lipinski definition) is 1. The van der Waals surface area contributed by atoms with Crippen molar-refractivity contribution in [1.82, 2.24) is 10.4 Å². The number of halogens is 3. The first kappa shape index (κ1) is 10.3. The smallest absolute Gasteiger partial charge is 0.281 e. The fourth-order valence-electron chi connectivity index (χ4n) is 1.21. The summed E-state index contributed by atoms with van der Waals surface area (Å²) in [6.07, 6.45) is -2.11. The van der Waals surface area contributed by atoms with Gasteiger partial charge < -0.3 is 0 Å². The minimum atomic E-state index is -4.78. The van der Waals surface area contributed by atoms with Gasteiger partial charge in [0.1, 0.15) is 0 Å². The summed E-state index contributed by atoms with van der Waals surface area (Å²) in [5.41, 5.74) is 1.83. The van der Waals surface area contributed by atoms with Crippen LogP contribution >= 0.6 is 0 Å². The molecule has 0 atom stereocenters. The molecule has 0 bridgehead atoms. The summed E-state index contributed by atoms with van der Waals surface area (Å²) >= 11 is 0. The normalized spacial score (nSPS) is 19.9. The van der Waals surface area contributed by atoms with Crippen LogP contribution in [0.4, 0.5) is 13.2 Å². The van der Waals surface area contributed by atoms with Gasteiger partial charge in [-0.1, -0.05) is 6.42 Å². The Morgan fingerprint density at radius 2 is 1.69 bits per heavy atom. The van der Waals surface area contributed by atoms with Crippen molar-refractivity contribution in [1.29, 1.82) is 0 Å². The number of nitrogens with one attached hydrogen (secondary N) is 1. The highest BCUT2D eigenvalue weighted by atomic mass is 19.4. The Labute approximate surface area is 73.9 Å². The van der Waals surface area contributed by atoms with Gasteiger partial charge >= 0.3 is 12.1 Å². The monoisotopic (exact) mass is 196 g/mol. The van der Waals surface area contributed by atoms with Crippen molar-refractivity contribution < 1.29 is 18.0 Å². The zero-order valence-corrected chi connectivity index (χ0v) is 7.02. The number of alkyl halides is 3. The van der Waals surface area contributed by atoms with Crippen molar-refractivity contribution in [2.24, 2.45) is 0 Å². The molecule has 6 heteroatoms. The lowest BCUT2D eigenvalue weighted by Gasteiger charge is -2.26. The Kier molecular flexibility index (Phi) is 3.13. The maximum absolute atomic E-state index is 11.8. The summed E-state index contributed by atoms with van der Waals surface area (Å²) in [7, 11) is 0. The van der Waals surface area contributed by atoms with Crippen LogP contribution in [0.25, 0.3) is 0 Å². The van der Waals surface area contributed by atoms with Crippen LogP contribution in [-0.4, -0.2) is 30.2 Å². The van der Waals surface area contributed by atoms with Crippen LogP contribution in [0, 0.1) is 0 Å². The predicted octanol–water partition coefficient (Wildman–Crippen LogP) is 1.07. The third-order valence-corrected chi connectivity index (χ3v) is 1.87. The van der Waals surface area contributed by atoms with Gasteiger partial charge in [0.05, 0.1) is 0 Å². The first-order valence-electron chi connectivity index (χ1n) is 4.13. The summed E-state index contributed by atoms with van der Waals surface area (Å²) < 4.78 is 35.3. The summed E-state index contributed by atoms with van der Waals surface area (Å²) in [5, 5.41) is 1.32. The van der Waals surface area contributed by atoms with Crippen LogP contribution in [0.15, 0.2) is 0 Å². The third-order valence-electron chi connectivity index (χ3n) is 1.87. The molecule has 0 spiro atoms. The van der Waals surface area contributed by atoms with Gasteiger partial charge in [0.15, 0.2) is 0 Å². The zero-order valence-electron chi connectivity index (χ0n) is 7.02. The molecule has 1 amide bonds. The summed E-state index contributed by atoms with van der Waals surface area (Å²) in [6, 6.07) is 0. The highest BCUT2D eigenvalue weighted by molar-refractivity contribution is 5.81. The van der Waals surface area contributed by atoms with E-state index in [9.17, 15) is 18.0 Å². The first-order valence-corrected chi connectivity index (χ1v) is 4.13. The molecule has 0 aromatic heterocycles. The number of hydrazine groups is 1. The molecule has 0 aromatic rings. The molecule has 13 heavy (non-hydrogen) atoms. The average molecular weight is 196 g/mol. The van der Waals surface area contributed by atoms with E-state index in [1.165, 1.54) is 5.01 Å². The number of rotatable bonds is 1. The van der Waals surface area contributed by atoms with E-state index in [2.05, 4.69) is 0 Å². The highest BCUT2D eigenvalue weighted by Crippen LogP contribution is 2.15. The topological polar surface area (TPSA) is 32.3 Å². The van der Waals surface area contributed by atoms with Gasteiger partial charge in [-0.15, -0.1) is 0 Å². The van der Waals surface area contributed by atoms with E-state index >= 15 is 0 Å². The molecule has 1 aliphatic heterocycles. The largest absolute Gasteiger partial charge is 0.472 e. The Bertz CT molecular complexity index is 187. The second-order valence-electron chi connectivity index (χ2n) is 2.99. The number of piperidine rings is 1. The molecule has 1 saturated heterocycles. The van der Waals surface area contributed by atoms with Crippen LogP contribution in [0.3, 0.4) is 0 Å². The van der Waals surface area contributed by atoms with Crippen molar-refractivity contribution >= 4 is 5.91 Å². The maximum Gasteiger partial charge on any atom is 0.472 e. The average Bonchev–Trinajstić information content (AvgIpc) is 2.04. The number of amides is 1. The van der Waals surface area contributed by atoms with Gasteiger partial charge in [-0.3, -0.25) is 10.2 Å². The lowest BCUT2D eigenvalue weighted by atomic mass is 10.2. The van der Waals surface area contributed by atoms with Gasteiger partial charge in [0.25, 0.3) is 0 Å². The van der Waals surface area contributed by atoms with E-state index in [4.69, 9.17) is 0 Å². The van der Waals surface area contributed by atoms with Crippen molar-refractivity contribution in [3.63, 3.8) is 0 Å². The Balaban J connectivity index is 2.35. The van der Waals surface area contributed by atoms with Crippen LogP contribution in [-0.2, 0) is 4.79 Å². The van der Waals surface area contributed by atoms with Gasteiger partial charge in [-0.2, -0.15) is 13.2 Å². The van der Waals surface area contributed by atoms with Gasteiger partial charge in [-0.05, 0) is 12.8 Å². The van der Waals surface area contributed by atoms with Crippen molar-refractivity contribution in [2.75, 3.05) is 13.1 Å². The molecule has 1 aliphatic rings. The molecular formula is C7H11F3N2O. The van der Waals surface area contributed by atoms with Gasteiger partial charge in [-0.25, -0.2) is 5.01 Å². The summed E-state index contributed by atoms with van der Waals surface area (Å²) in [5.74, 6) is -1.88. The number of carbonyl (C=O) groups is 1. The molecule has 1 N–H and O–H groups in total. The third kappa shape index (κ3) is 3.22. The van der Waals surface area contributed by atoms with Crippen LogP contribution in [0.5, 0.6) is 0 Å². The van der Waals surface area contributed by atoms with Crippen molar-refractivity contribution in [2.45, 2.75) is 25.4 Å². The lowest BCUT2D eigenvalue weighted by Crippen LogP contribution is -2.49. The van der Waals surface area contributed by atoms with Crippen LogP contribution in [0.2, 0.25) is 0 Å². The number of hydrogen-bond acceptors (Lipinski definition) is 2. The van der Waals surface area contributed by atoms with E-state index in [0.717, 1.165) is 19.3 Å². The Hall–Kier alpha value is -0.780. The highest BCUT2D eigenvalue weighted by Gasteiger charge is 2.39. The second kappa shape index (κ2) is 3.95. The van der Waals surface area contributed by atoms with E-state index in [1.54, 1.807) is 0 Å². The molecule has 1 rings (SSSR count). The minimum absolute atomic E-state index is 0.502. The molecule has 1 heterocycles. The fourth-order valence-corrected chi connectivity index (χ4v) is 1.21. The molecule has 0 radical (unpaired) electrons. The summed E-state index contributed by atoms with van der Waals surface area (Å²) in [4.78, 5) is 10.5. The number of carbonyl (C=O) groups excluding carboxylic acids is 1. The predicted molar refractivity (Wildman–Crippen MR) is 39.6 cm³/mol. The fraction of sp³-hybridized carbons (Fsp3) is 0.857. The van der Waals surface area contributed by atoms with Crippen LogP contribution in [0.1, 0.15) is 19.3 Å². The quantitative estimate of drug-likeness (QED) is 0.680. The SMILES string of the molecule is O=C(NN1CCCCC1)C(F)(F)F. The lowest BCUT2D eigenvalue weighted by molar-refractivity contribution is -0.179. The van der Waals surface area contributed by atoms with E-state index in [0.29, 0.717) is 13.1 Å². The van der Waals surface area contributed by atoms with E-state index in [1.807, 2.05) is 5.43 Å². The molecule has 0 aromatic carbocycles. The first-order chi connectivity index (χ1) is 6.00. The minimum Gasteiger partial charge on any atom is -0.281 e. The van der Waals surface area contributed by atoms with E-state index in [-0.39, 0.29) is 0 Å². The Morgan fingerprint density at radius 1 is 1.15 bits per heavy atom. The standard InChI is InChI=1S/C7H11F3N2O/c8-7(9,10)6(13)11-12-4-2-1-3-5-12/h1-5H2,(H,11,13). The zero-order chi connectivity index (χ0) is 9.90. The molecular weight excluding hydrogens is 185 g/mol. The van der Waals surface area contributed by atoms with Crippen molar-refractivity contribution in [3.8, 4) is 0 Å². The molecule has 1 fully saturated rings. The summed E-state index contributed by atoms with van der Waals surface area (Å²) in [6.45, 7) is 1.00. The molecule has 76 valence electrons. The Morgan fingerprint density at radius 3 is 2.15 bits per heavy atom. The van der Waals surface area contributed by atoms with Crippen LogP contribution < -0.4 is 5.43 Å².